The number of anilines is 2. The monoisotopic (exact) mass is 495 g/mol. The number of nitrogens with one attached hydrogen (secondary N) is 4. The molecule has 8 heteroatoms. The van der Waals surface area contributed by atoms with Gasteiger partial charge in [-0.2, -0.15) is 0 Å². The van der Waals surface area contributed by atoms with Gasteiger partial charge >= 0.3 is 0 Å². The van der Waals surface area contributed by atoms with Crippen molar-refractivity contribution in [1.82, 2.24) is 9.88 Å². The molecular formula is C28H45N7O. The zero-order valence-corrected chi connectivity index (χ0v) is 22.1. The Balaban J connectivity index is 1.34. The number of hydrogen-bond acceptors (Lipinski definition) is 8. The maximum atomic E-state index is 8.63. The van der Waals surface area contributed by atoms with E-state index in [1.807, 2.05) is 12.1 Å². The number of piperidine rings is 1. The third-order valence-corrected chi connectivity index (χ3v) is 8.12. The molecule has 1 aromatic heterocycles. The van der Waals surface area contributed by atoms with Gasteiger partial charge in [-0.25, -0.2) is 4.98 Å². The van der Waals surface area contributed by atoms with Gasteiger partial charge in [-0.15, -0.1) is 0 Å². The van der Waals surface area contributed by atoms with E-state index in [9.17, 15) is 0 Å². The number of ether oxygens (including phenoxy) is 1. The second-order valence-corrected chi connectivity index (χ2v) is 10.8. The molecule has 36 heavy (non-hydrogen) atoms. The fourth-order valence-corrected chi connectivity index (χ4v) is 6.03. The maximum Gasteiger partial charge on any atom is 0.239 e. The summed E-state index contributed by atoms with van der Waals surface area (Å²) in [4.78, 5) is 9.60. The lowest BCUT2D eigenvalue weighted by atomic mass is 9.88. The van der Waals surface area contributed by atoms with Gasteiger partial charge in [0.25, 0.3) is 0 Å². The Bertz CT molecular complexity index is 903. The van der Waals surface area contributed by atoms with Crippen molar-refractivity contribution in [3.05, 3.63) is 17.7 Å². The third-order valence-electron chi connectivity index (χ3n) is 8.12. The van der Waals surface area contributed by atoms with E-state index in [0.29, 0.717) is 11.4 Å². The largest absolute Gasteiger partial charge is 0.423 e. The van der Waals surface area contributed by atoms with Crippen LogP contribution < -0.4 is 10.2 Å². The summed E-state index contributed by atoms with van der Waals surface area (Å²) >= 11 is 0. The van der Waals surface area contributed by atoms with Crippen LogP contribution in [0.5, 0.6) is 0 Å². The van der Waals surface area contributed by atoms with Gasteiger partial charge in [0.1, 0.15) is 17.3 Å². The van der Waals surface area contributed by atoms with Gasteiger partial charge in [0.2, 0.25) is 5.90 Å². The molecule has 2 saturated heterocycles. The van der Waals surface area contributed by atoms with Crippen LogP contribution >= 0.6 is 0 Å². The SMILES string of the molecule is CNc1nc(N2CCCCCCC2)ccc1C(=N)C(=N)OC(=N)C1CCCN(CC2CCCCC2)C1. The number of pyridine rings is 1. The van der Waals surface area contributed by atoms with Gasteiger partial charge < -0.3 is 19.9 Å². The maximum absolute atomic E-state index is 8.63. The minimum atomic E-state index is -0.276. The summed E-state index contributed by atoms with van der Waals surface area (Å²) in [6.45, 7) is 5.04. The smallest absolute Gasteiger partial charge is 0.239 e. The molecule has 0 radical (unpaired) electrons. The highest BCUT2D eigenvalue weighted by molar-refractivity contribution is 6.45. The Labute approximate surface area is 216 Å². The van der Waals surface area contributed by atoms with Crippen molar-refractivity contribution in [1.29, 1.82) is 16.2 Å². The summed E-state index contributed by atoms with van der Waals surface area (Å²) in [5.41, 5.74) is 0.499. The first-order valence-corrected chi connectivity index (χ1v) is 14.2. The van der Waals surface area contributed by atoms with Crippen LogP contribution in [-0.2, 0) is 4.74 Å². The highest BCUT2D eigenvalue weighted by Crippen LogP contribution is 2.27. The van der Waals surface area contributed by atoms with E-state index >= 15 is 0 Å². The first-order valence-electron chi connectivity index (χ1n) is 14.2. The fraction of sp³-hybridized carbons (Fsp3) is 0.714. The van der Waals surface area contributed by atoms with Gasteiger partial charge in [-0.1, -0.05) is 38.5 Å². The fourth-order valence-electron chi connectivity index (χ4n) is 6.03. The van der Waals surface area contributed by atoms with Crippen molar-refractivity contribution >= 4 is 29.1 Å². The molecule has 4 rings (SSSR count). The normalized spacial score (nSPS) is 22.4. The average molecular weight is 496 g/mol. The van der Waals surface area contributed by atoms with Gasteiger partial charge in [-0.05, 0) is 63.1 Å². The van der Waals surface area contributed by atoms with E-state index < -0.39 is 0 Å². The lowest BCUT2D eigenvalue weighted by Crippen LogP contribution is -2.42. The van der Waals surface area contributed by atoms with Crippen molar-refractivity contribution < 1.29 is 4.74 Å². The van der Waals surface area contributed by atoms with Crippen LogP contribution in [-0.4, -0.2) is 67.2 Å². The summed E-state index contributed by atoms with van der Waals surface area (Å²) < 4.78 is 5.67. The number of nitrogens with zero attached hydrogens (tertiary/aromatic N) is 3. The van der Waals surface area contributed by atoms with Gasteiger partial charge in [0.05, 0.1) is 0 Å². The minimum Gasteiger partial charge on any atom is -0.423 e. The van der Waals surface area contributed by atoms with E-state index in [0.717, 1.165) is 57.3 Å². The number of likely N-dealkylation sites (tertiary alicyclic amines) is 1. The molecule has 3 heterocycles. The Hall–Kier alpha value is -2.48. The summed E-state index contributed by atoms with van der Waals surface area (Å²) in [5, 5.41) is 28.7. The Morgan fingerprint density at radius 3 is 2.33 bits per heavy atom. The molecular weight excluding hydrogens is 450 g/mol. The molecule has 0 bridgehead atoms. The van der Waals surface area contributed by atoms with Crippen molar-refractivity contribution in [2.24, 2.45) is 11.8 Å². The molecule has 3 aliphatic rings. The molecule has 1 atom stereocenters. The number of aromatic nitrogens is 1. The van der Waals surface area contributed by atoms with Crippen molar-refractivity contribution in [2.75, 3.05) is 50.0 Å². The first-order chi connectivity index (χ1) is 17.5. The predicted molar refractivity (Wildman–Crippen MR) is 148 cm³/mol. The lowest BCUT2D eigenvalue weighted by molar-refractivity contribution is 0.152. The second-order valence-electron chi connectivity index (χ2n) is 10.8. The Kier molecular flexibility index (Phi) is 9.73. The molecule has 1 aliphatic carbocycles. The molecule has 0 spiro atoms. The van der Waals surface area contributed by atoms with Crippen molar-refractivity contribution in [2.45, 2.75) is 77.0 Å². The van der Waals surface area contributed by atoms with Crippen LogP contribution in [0.15, 0.2) is 12.1 Å². The highest BCUT2D eigenvalue weighted by Gasteiger charge is 2.28. The Morgan fingerprint density at radius 2 is 1.61 bits per heavy atom. The molecule has 0 amide bonds. The topological polar surface area (TPSA) is 112 Å². The average Bonchev–Trinajstić information content (AvgIpc) is 2.88. The molecule has 4 N–H and O–H groups in total. The molecule has 0 aromatic carbocycles. The van der Waals surface area contributed by atoms with E-state index in [2.05, 4.69) is 15.1 Å². The predicted octanol–water partition coefficient (Wildman–Crippen LogP) is 5.53. The number of hydrogen-bond donors (Lipinski definition) is 4. The lowest BCUT2D eigenvalue weighted by Gasteiger charge is -2.35. The Morgan fingerprint density at radius 1 is 0.917 bits per heavy atom. The van der Waals surface area contributed by atoms with Crippen LogP contribution in [0.1, 0.15) is 82.6 Å². The molecule has 1 saturated carbocycles. The molecule has 1 aromatic rings. The molecule has 198 valence electrons. The zero-order valence-electron chi connectivity index (χ0n) is 22.1. The van der Waals surface area contributed by atoms with E-state index in [1.54, 1.807) is 7.05 Å². The number of rotatable bonds is 7. The molecule has 2 aliphatic heterocycles. The van der Waals surface area contributed by atoms with E-state index in [-0.39, 0.29) is 23.4 Å². The third kappa shape index (κ3) is 7.05. The van der Waals surface area contributed by atoms with Crippen LogP contribution in [0.4, 0.5) is 11.6 Å². The van der Waals surface area contributed by atoms with E-state index in [1.165, 1.54) is 64.2 Å². The minimum absolute atomic E-state index is 0.00752. The van der Waals surface area contributed by atoms with Crippen molar-refractivity contribution in [3.63, 3.8) is 0 Å². The standard InChI is InChI=1S/C28H45N7O/c1-32-28-23(14-15-24(33-28)35-17-8-3-2-4-9-18-35)25(29)27(31)36-26(30)22-13-10-16-34(20-22)19-21-11-6-5-7-12-21/h14-15,21-22,29-31H,2-13,16-20H2,1H3,(H,32,33). The quantitative estimate of drug-likeness (QED) is 0.294. The summed E-state index contributed by atoms with van der Waals surface area (Å²) in [5.74, 6) is 2.12. The van der Waals surface area contributed by atoms with Crippen molar-refractivity contribution in [3.8, 4) is 0 Å². The first kappa shape index (κ1) is 26.6. The van der Waals surface area contributed by atoms with Crippen LogP contribution in [0.2, 0.25) is 0 Å². The highest BCUT2D eigenvalue weighted by atomic mass is 16.5. The summed E-state index contributed by atoms with van der Waals surface area (Å²) in [7, 11) is 1.80. The molecule has 8 nitrogen and oxygen atoms in total. The molecule has 1 unspecified atom stereocenters. The van der Waals surface area contributed by atoms with E-state index in [4.69, 9.17) is 25.9 Å². The van der Waals surface area contributed by atoms with Gasteiger partial charge in [-0.3, -0.25) is 16.2 Å². The van der Waals surface area contributed by atoms with Crippen LogP contribution in [0.25, 0.3) is 0 Å². The van der Waals surface area contributed by atoms with Gasteiger partial charge in [0.15, 0.2) is 5.90 Å². The molecule has 3 fully saturated rings. The second kappa shape index (κ2) is 13.2. The summed E-state index contributed by atoms with van der Waals surface area (Å²) in [6.07, 6.45) is 14.9. The van der Waals surface area contributed by atoms with Crippen LogP contribution in [0.3, 0.4) is 0 Å². The van der Waals surface area contributed by atoms with Gasteiger partial charge in [0, 0.05) is 44.7 Å². The van der Waals surface area contributed by atoms with Crippen LogP contribution in [0, 0.1) is 28.1 Å². The zero-order chi connectivity index (χ0) is 25.3. The summed E-state index contributed by atoms with van der Waals surface area (Å²) in [6, 6.07) is 3.82.